The first-order valence-electron chi connectivity index (χ1n) is 5.50. The van der Waals surface area contributed by atoms with Gasteiger partial charge in [0.05, 0.1) is 24.6 Å². The number of morpholine rings is 1. The summed E-state index contributed by atoms with van der Waals surface area (Å²) in [6, 6.07) is 0.114. The molecular formula is C10H21NO4S. The van der Waals surface area contributed by atoms with Gasteiger partial charge in [-0.3, -0.25) is 0 Å². The van der Waals surface area contributed by atoms with E-state index in [1.54, 1.807) is 6.92 Å². The summed E-state index contributed by atoms with van der Waals surface area (Å²) in [4.78, 5) is 0. The summed E-state index contributed by atoms with van der Waals surface area (Å²) in [6.07, 6.45) is 1.97. The van der Waals surface area contributed by atoms with Crippen molar-refractivity contribution in [3.8, 4) is 0 Å². The second-order valence-electron chi connectivity index (χ2n) is 4.81. The van der Waals surface area contributed by atoms with Crippen LogP contribution in [0, 0.1) is 0 Å². The summed E-state index contributed by atoms with van der Waals surface area (Å²) in [7, 11) is -3.01. The minimum absolute atomic E-state index is 0.0214. The van der Waals surface area contributed by atoms with Crippen LogP contribution in [0.3, 0.4) is 0 Å². The summed E-state index contributed by atoms with van der Waals surface area (Å²) < 4.78 is 27.3. The molecule has 1 saturated heterocycles. The number of hydrogen-bond acceptors (Lipinski definition) is 5. The zero-order valence-corrected chi connectivity index (χ0v) is 10.7. The van der Waals surface area contributed by atoms with Crippen LogP contribution in [-0.2, 0) is 14.6 Å². The number of sulfone groups is 1. The second kappa shape index (κ2) is 5.44. The Balaban J connectivity index is 2.37. The van der Waals surface area contributed by atoms with E-state index in [9.17, 15) is 13.5 Å². The largest absolute Gasteiger partial charge is 0.390 e. The maximum atomic E-state index is 11.0. The molecule has 0 aromatic heterocycles. The van der Waals surface area contributed by atoms with Gasteiger partial charge in [0.25, 0.3) is 0 Å². The molecule has 0 aromatic carbocycles. The smallest absolute Gasteiger partial charge is 0.147 e. The third-order valence-electron chi connectivity index (χ3n) is 2.70. The molecule has 1 aliphatic heterocycles. The molecule has 0 aliphatic carbocycles. The van der Waals surface area contributed by atoms with E-state index in [0.29, 0.717) is 19.6 Å². The Kier molecular flexibility index (Phi) is 4.73. The predicted octanol–water partition coefficient (Wildman–Crippen LogP) is -0.449. The Bertz CT molecular complexity index is 307. The highest BCUT2D eigenvalue weighted by atomic mass is 32.2. The van der Waals surface area contributed by atoms with Gasteiger partial charge in [0.2, 0.25) is 0 Å². The maximum absolute atomic E-state index is 11.0. The van der Waals surface area contributed by atoms with Crippen LogP contribution in [0.4, 0.5) is 0 Å². The topological polar surface area (TPSA) is 75.6 Å². The summed E-state index contributed by atoms with van der Waals surface area (Å²) in [5, 5.41) is 13.3. The van der Waals surface area contributed by atoms with E-state index < -0.39 is 15.4 Å². The van der Waals surface area contributed by atoms with Crippen LogP contribution in [0.5, 0.6) is 0 Å². The fraction of sp³-hybridized carbons (Fsp3) is 1.00. The molecule has 1 heterocycles. The van der Waals surface area contributed by atoms with E-state index in [4.69, 9.17) is 4.74 Å². The first-order valence-corrected chi connectivity index (χ1v) is 7.56. The number of nitrogens with one attached hydrogen (secondary N) is 1. The lowest BCUT2D eigenvalue weighted by molar-refractivity contribution is 0.00447. The average Bonchev–Trinajstić information content (AvgIpc) is 2.15. The number of aliphatic hydroxyl groups is 1. The average molecular weight is 251 g/mol. The van der Waals surface area contributed by atoms with Crippen molar-refractivity contribution in [2.24, 2.45) is 0 Å². The molecule has 0 bridgehead atoms. The van der Waals surface area contributed by atoms with Gasteiger partial charge in [-0.1, -0.05) is 0 Å². The van der Waals surface area contributed by atoms with Crippen LogP contribution >= 0.6 is 0 Å². The molecule has 1 rings (SSSR count). The van der Waals surface area contributed by atoms with E-state index in [1.807, 2.05) is 0 Å². The van der Waals surface area contributed by atoms with Crippen molar-refractivity contribution < 1.29 is 18.3 Å². The highest BCUT2D eigenvalue weighted by molar-refractivity contribution is 7.90. The van der Waals surface area contributed by atoms with Crippen molar-refractivity contribution in [3.05, 3.63) is 0 Å². The summed E-state index contributed by atoms with van der Waals surface area (Å²) in [5.41, 5.74) is -0.957. The van der Waals surface area contributed by atoms with Gasteiger partial charge < -0.3 is 15.2 Å². The van der Waals surface area contributed by atoms with Gasteiger partial charge in [0.15, 0.2) is 0 Å². The monoisotopic (exact) mass is 251 g/mol. The summed E-state index contributed by atoms with van der Waals surface area (Å²) in [5.74, 6) is 0.0214. The standard InChI is InChI=1S/C10H21NO4S/c1-10(12,3-6-16(2,13)14)7-9-8-15-5-4-11-9/h9,11-12H,3-8H2,1-2H3. The van der Waals surface area contributed by atoms with Crippen molar-refractivity contribution in [3.63, 3.8) is 0 Å². The molecule has 96 valence electrons. The number of hydrogen-bond donors (Lipinski definition) is 2. The van der Waals surface area contributed by atoms with Crippen molar-refractivity contribution in [1.29, 1.82) is 0 Å². The van der Waals surface area contributed by atoms with Crippen LogP contribution in [0.15, 0.2) is 0 Å². The molecule has 0 amide bonds. The molecule has 2 unspecified atom stereocenters. The zero-order valence-electron chi connectivity index (χ0n) is 9.90. The van der Waals surface area contributed by atoms with Gasteiger partial charge in [0, 0.05) is 18.8 Å². The van der Waals surface area contributed by atoms with Gasteiger partial charge in [-0.15, -0.1) is 0 Å². The van der Waals surface area contributed by atoms with E-state index in [-0.39, 0.29) is 18.2 Å². The molecule has 16 heavy (non-hydrogen) atoms. The van der Waals surface area contributed by atoms with Crippen LogP contribution in [-0.4, -0.2) is 56.9 Å². The third-order valence-corrected chi connectivity index (χ3v) is 3.64. The minimum Gasteiger partial charge on any atom is -0.390 e. The lowest BCUT2D eigenvalue weighted by Crippen LogP contribution is -2.46. The van der Waals surface area contributed by atoms with E-state index in [1.165, 1.54) is 6.26 Å². The van der Waals surface area contributed by atoms with Crippen molar-refractivity contribution in [2.45, 2.75) is 31.4 Å². The molecule has 1 aliphatic rings. The highest BCUT2D eigenvalue weighted by Crippen LogP contribution is 2.18. The molecule has 0 aromatic rings. The van der Waals surface area contributed by atoms with E-state index in [2.05, 4.69) is 5.32 Å². The Morgan fingerprint density at radius 2 is 2.25 bits per heavy atom. The van der Waals surface area contributed by atoms with Gasteiger partial charge in [-0.05, 0) is 19.8 Å². The Hall–Kier alpha value is -0.170. The van der Waals surface area contributed by atoms with Crippen molar-refractivity contribution >= 4 is 9.84 Å². The van der Waals surface area contributed by atoms with Crippen LogP contribution < -0.4 is 5.32 Å². The first kappa shape index (κ1) is 13.9. The first-order chi connectivity index (χ1) is 7.29. The molecule has 6 heteroatoms. The Morgan fingerprint density at radius 3 is 2.75 bits per heavy atom. The number of rotatable bonds is 5. The van der Waals surface area contributed by atoms with Crippen molar-refractivity contribution in [2.75, 3.05) is 31.8 Å². The maximum Gasteiger partial charge on any atom is 0.147 e. The van der Waals surface area contributed by atoms with Crippen LogP contribution in [0.1, 0.15) is 19.8 Å². The zero-order chi connectivity index (χ0) is 12.2. The van der Waals surface area contributed by atoms with Gasteiger partial charge >= 0.3 is 0 Å². The summed E-state index contributed by atoms with van der Waals surface area (Å²) >= 11 is 0. The minimum atomic E-state index is -3.01. The van der Waals surface area contributed by atoms with E-state index in [0.717, 1.165) is 6.54 Å². The highest BCUT2D eigenvalue weighted by Gasteiger charge is 2.27. The lowest BCUT2D eigenvalue weighted by atomic mass is 9.94. The molecule has 2 atom stereocenters. The van der Waals surface area contributed by atoms with E-state index >= 15 is 0 Å². The Labute approximate surface area is 97.1 Å². The van der Waals surface area contributed by atoms with Crippen LogP contribution in [0.2, 0.25) is 0 Å². The molecule has 1 fully saturated rings. The number of ether oxygens (including phenoxy) is 1. The normalized spacial score (nSPS) is 26.3. The third kappa shape index (κ3) is 5.79. The SMILES string of the molecule is CC(O)(CCS(C)(=O)=O)CC1COCCN1. The molecular weight excluding hydrogens is 230 g/mol. The molecule has 5 nitrogen and oxygen atoms in total. The molecule has 0 radical (unpaired) electrons. The van der Waals surface area contributed by atoms with Crippen molar-refractivity contribution in [1.82, 2.24) is 5.32 Å². The molecule has 2 N–H and O–H groups in total. The molecule has 0 saturated carbocycles. The van der Waals surface area contributed by atoms with Gasteiger partial charge in [-0.25, -0.2) is 8.42 Å². The predicted molar refractivity (Wildman–Crippen MR) is 62.2 cm³/mol. The van der Waals surface area contributed by atoms with Gasteiger partial charge in [-0.2, -0.15) is 0 Å². The van der Waals surface area contributed by atoms with Gasteiger partial charge in [0.1, 0.15) is 9.84 Å². The quantitative estimate of drug-likeness (QED) is 0.692. The summed E-state index contributed by atoms with van der Waals surface area (Å²) in [6.45, 7) is 3.73. The fourth-order valence-electron chi connectivity index (χ4n) is 1.79. The fourth-order valence-corrected chi connectivity index (χ4v) is 2.60. The second-order valence-corrected chi connectivity index (χ2v) is 7.07. The molecule has 0 spiro atoms. The Morgan fingerprint density at radius 1 is 1.56 bits per heavy atom. The van der Waals surface area contributed by atoms with Crippen LogP contribution in [0.25, 0.3) is 0 Å². The lowest BCUT2D eigenvalue weighted by Gasteiger charge is -2.31.